The number of nitrogen functional groups attached to an aromatic ring is 1. The van der Waals surface area contributed by atoms with Crippen molar-refractivity contribution in [3.63, 3.8) is 0 Å². The number of aliphatic hydroxyl groups is 1. The zero-order chi connectivity index (χ0) is 12.3. The van der Waals surface area contributed by atoms with E-state index in [0.717, 1.165) is 29.7 Å². The Bertz CT molecular complexity index is 384. The van der Waals surface area contributed by atoms with Crippen LogP contribution in [0.5, 0.6) is 0 Å². The average molecular weight is 299 g/mol. The van der Waals surface area contributed by atoms with E-state index in [1.54, 1.807) is 0 Å². The molecule has 0 spiro atoms. The van der Waals surface area contributed by atoms with Crippen molar-refractivity contribution >= 4 is 21.6 Å². The van der Waals surface area contributed by atoms with Crippen LogP contribution in [0.4, 0.5) is 5.69 Å². The topological polar surface area (TPSA) is 49.5 Å². The van der Waals surface area contributed by atoms with Gasteiger partial charge < -0.3 is 10.8 Å². The summed E-state index contributed by atoms with van der Waals surface area (Å²) in [4.78, 5) is 2.35. The summed E-state index contributed by atoms with van der Waals surface area (Å²) in [6.07, 6.45) is 3.55. The monoisotopic (exact) mass is 298 g/mol. The zero-order valence-electron chi connectivity index (χ0n) is 9.90. The Hall–Kier alpha value is -0.580. The highest BCUT2D eigenvalue weighted by atomic mass is 79.9. The van der Waals surface area contributed by atoms with Crippen LogP contribution in [0, 0.1) is 0 Å². The molecule has 1 heterocycles. The van der Waals surface area contributed by atoms with Gasteiger partial charge >= 0.3 is 0 Å². The van der Waals surface area contributed by atoms with Crippen molar-refractivity contribution in [1.82, 2.24) is 4.90 Å². The van der Waals surface area contributed by atoms with Crippen molar-refractivity contribution in [1.29, 1.82) is 0 Å². The molecule has 3 nitrogen and oxygen atoms in total. The van der Waals surface area contributed by atoms with Crippen molar-refractivity contribution in [2.75, 3.05) is 18.9 Å². The van der Waals surface area contributed by atoms with Gasteiger partial charge in [0.05, 0.1) is 6.61 Å². The molecule has 1 aromatic carbocycles. The molecule has 0 amide bonds. The number of rotatable bonds is 3. The lowest BCUT2D eigenvalue weighted by Crippen LogP contribution is -2.41. The van der Waals surface area contributed by atoms with E-state index in [4.69, 9.17) is 5.73 Å². The van der Waals surface area contributed by atoms with Gasteiger partial charge in [0.15, 0.2) is 0 Å². The summed E-state index contributed by atoms with van der Waals surface area (Å²) in [5, 5.41) is 9.36. The van der Waals surface area contributed by atoms with Gasteiger partial charge in [-0.05, 0) is 53.0 Å². The van der Waals surface area contributed by atoms with Crippen LogP contribution < -0.4 is 5.73 Å². The summed E-state index contributed by atoms with van der Waals surface area (Å²) in [6.45, 7) is 2.20. The molecule has 1 unspecified atom stereocenters. The van der Waals surface area contributed by atoms with Crippen LogP contribution in [-0.4, -0.2) is 29.2 Å². The Morgan fingerprint density at radius 3 is 2.94 bits per heavy atom. The molecule has 3 N–H and O–H groups in total. The third kappa shape index (κ3) is 3.21. The number of likely N-dealkylation sites (tertiary alicyclic amines) is 1. The predicted octanol–water partition coefficient (Wildman–Crippen LogP) is 2.38. The van der Waals surface area contributed by atoms with Crippen LogP contribution in [-0.2, 0) is 6.54 Å². The average Bonchev–Trinajstić information content (AvgIpc) is 2.34. The van der Waals surface area contributed by atoms with E-state index in [0.29, 0.717) is 6.04 Å². The molecule has 1 fully saturated rings. The molecule has 4 heteroatoms. The molecule has 1 aromatic rings. The Labute approximate surface area is 111 Å². The molecular weight excluding hydrogens is 280 g/mol. The molecule has 0 saturated carbocycles. The molecule has 17 heavy (non-hydrogen) atoms. The lowest BCUT2D eigenvalue weighted by molar-refractivity contribution is 0.0841. The van der Waals surface area contributed by atoms with Crippen molar-refractivity contribution in [3.8, 4) is 0 Å². The van der Waals surface area contributed by atoms with E-state index in [1.165, 1.54) is 18.4 Å². The molecule has 2 rings (SSSR count). The summed E-state index contributed by atoms with van der Waals surface area (Å²) < 4.78 is 0.943. The Balaban J connectivity index is 2.05. The number of hydrogen-bond acceptors (Lipinski definition) is 3. The number of nitrogens with two attached hydrogens (primary N) is 1. The van der Waals surface area contributed by atoms with Gasteiger partial charge in [-0.3, -0.25) is 4.90 Å². The maximum Gasteiger partial charge on any atom is 0.0586 e. The van der Waals surface area contributed by atoms with Crippen LogP contribution in [0.3, 0.4) is 0 Å². The van der Waals surface area contributed by atoms with Crippen LogP contribution in [0.15, 0.2) is 22.7 Å². The third-order valence-corrected chi connectivity index (χ3v) is 4.13. The predicted molar refractivity (Wildman–Crippen MR) is 73.7 cm³/mol. The van der Waals surface area contributed by atoms with Crippen LogP contribution in [0.1, 0.15) is 24.8 Å². The molecule has 1 atom stereocenters. The van der Waals surface area contributed by atoms with Crippen LogP contribution in [0.25, 0.3) is 0 Å². The number of benzene rings is 1. The molecule has 0 radical (unpaired) electrons. The maximum absolute atomic E-state index is 9.36. The number of hydrogen-bond donors (Lipinski definition) is 2. The number of anilines is 1. The van der Waals surface area contributed by atoms with E-state index in [1.807, 2.05) is 12.1 Å². The van der Waals surface area contributed by atoms with Gasteiger partial charge in [-0.2, -0.15) is 0 Å². The molecule has 94 valence electrons. The fourth-order valence-electron chi connectivity index (χ4n) is 2.40. The Morgan fingerprint density at radius 2 is 2.24 bits per heavy atom. The maximum atomic E-state index is 9.36. The lowest BCUT2D eigenvalue weighted by Gasteiger charge is -2.34. The minimum atomic E-state index is 0.256. The first-order valence-corrected chi connectivity index (χ1v) is 6.89. The fraction of sp³-hybridized carbons (Fsp3) is 0.538. The normalized spacial score (nSPS) is 21.6. The number of nitrogens with zero attached hydrogens (tertiary/aromatic N) is 1. The second-order valence-corrected chi connectivity index (χ2v) is 5.51. The highest BCUT2D eigenvalue weighted by Gasteiger charge is 2.21. The van der Waals surface area contributed by atoms with Crippen molar-refractivity contribution in [2.45, 2.75) is 31.8 Å². The molecule has 1 saturated heterocycles. The summed E-state index contributed by atoms with van der Waals surface area (Å²) >= 11 is 3.40. The van der Waals surface area contributed by atoms with E-state index in [2.05, 4.69) is 26.9 Å². The second-order valence-electron chi connectivity index (χ2n) is 4.66. The van der Waals surface area contributed by atoms with Crippen molar-refractivity contribution in [2.24, 2.45) is 0 Å². The zero-order valence-corrected chi connectivity index (χ0v) is 11.5. The van der Waals surface area contributed by atoms with Gasteiger partial charge in [-0.15, -0.1) is 0 Å². The third-order valence-electron chi connectivity index (χ3n) is 3.41. The van der Waals surface area contributed by atoms with Gasteiger partial charge in [0.2, 0.25) is 0 Å². The van der Waals surface area contributed by atoms with Gasteiger partial charge in [0.1, 0.15) is 0 Å². The summed E-state index contributed by atoms with van der Waals surface area (Å²) in [5.41, 5.74) is 7.87. The minimum Gasteiger partial charge on any atom is -0.398 e. The second kappa shape index (κ2) is 5.85. The summed E-state index contributed by atoms with van der Waals surface area (Å²) in [5.74, 6) is 0. The number of piperidine rings is 1. The lowest BCUT2D eigenvalue weighted by atomic mass is 10.0. The van der Waals surface area contributed by atoms with Crippen molar-refractivity contribution in [3.05, 3.63) is 28.2 Å². The van der Waals surface area contributed by atoms with Gasteiger partial charge in [-0.25, -0.2) is 0 Å². The standard InChI is InChI=1S/C13H19BrN2O/c14-12-5-4-10(7-13(12)15)8-16-6-2-1-3-11(16)9-17/h4-5,7,11,17H,1-3,6,8-9,15H2. The van der Waals surface area contributed by atoms with E-state index in [9.17, 15) is 5.11 Å². The minimum absolute atomic E-state index is 0.256. The molecule has 1 aliphatic rings. The van der Waals surface area contributed by atoms with E-state index >= 15 is 0 Å². The summed E-state index contributed by atoms with van der Waals surface area (Å²) in [7, 11) is 0. The van der Waals surface area contributed by atoms with Crippen LogP contribution >= 0.6 is 15.9 Å². The molecule has 1 aliphatic heterocycles. The summed E-state index contributed by atoms with van der Waals surface area (Å²) in [6, 6.07) is 6.40. The van der Waals surface area contributed by atoms with E-state index < -0.39 is 0 Å². The molecule has 0 aromatic heterocycles. The van der Waals surface area contributed by atoms with Gasteiger partial charge in [0.25, 0.3) is 0 Å². The molecule has 0 bridgehead atoms. The first-order valence-electron chi connectivity index (χ1n) is 6.09. The number of aliphatic hydroxyl groups excluding tert-OH is 1. The molecular formula is C13H19BrN2O. The van der Waals surface area contributed by atoms with Gasteiger partial charge in [0, 0.05) is 22.7 Å². The fourth-order valence-corrected chi connectivity index (χ4v) is 2.65. The largest absolute Gasteiger partial charge is 0.398 e. The Morgan fingerprint density at radius 1 is 1.41 bits per heavy atom. The highest BCUT2D eigenvalue weighted by molar-refractivity contribution is 9.10. The number of halogens is 1. The molecule has 0 aliphatic carbocycles. The van der Waals surface area contributed by atoms with Crippen LogP contribution in [0.2, 0.25) is 0 Å². The first-order chi connectivity index (χ1) is 8.20. The van der Waals surface area contributed by atoms with Gasteiger partial charge in [-0.1, -0.05) is 12.5 Å². The smallest absolute Gasteiger partial charge is 0.0586 e. The first kappa shape index (κ1) is 12.9. The van der Waals surface area contributed by atoms with Crippen molar-refractivity contribution < 1.29 is 5.11 Å². The SMILES string of the molecule is Nc1cc(CN2CCCCC2CO)ccc1Br. The Kier molecular flexibility index (Phi) is 4.42. The highest BCUT2D eigenvalue weighted by Crippen LogP contribution is 2.23. The van der Waals surface area contributed by atoms with E-state index in [-0.39, 0.29) is 6.61 Å². The quantitative estimate of drug-likeness (QED) is 0.843.